The average Bonchev–Trinajstić information content (AvgIpc) is 2.22. The third-order valence-electron chi connectivity index (χ3n) is 8.32. The second kappa shape index (κ2) is 3.57. The summed E-state index contributed by atoms with van der Waals surface area (Å²) in [5, 5.41) is 0. The highest BCUT2D eigenvalue weighted by Gasteiger charge is 2.91. The molecule has 4 rings (SSSR count). The number of hydrogen-bond acceptors (Lipinski definition) is 3. The van der Waals surface area contributed by atoms with Crippen molar-refractivity contribution >= 4 is 52.2 Å². The molecule has 0 amide bonds. The fourth-order valence-corrected chi connectivity index (χ4v) is 252. The Morgan fingerprint density at radius 3 is 0.800 bits per heavy atom. The van der Waals surface area contributed by atoms with Crippen LogP contribution in [0.3, 0.4) is 0 Å². The maximum Gasteiger partial charge on any atom is 0.292 e. The third-order valence-corrected chi connectivity index (χ3v) is 153. The molecule has 0 aromatic rings. The molecule has 0 aromatic carbocycles. The summed E-state index contributed by atoms with van der Waals surface area (Å²) in [6.45, 7) is 24.8. The Bertz CT molecular complexity index is 428. The van der Waals surface area contributed by atoms with Gasteiger partial charge in [-0.3, -0.25) is 0 Å². The molecule has 116 valence electrons. The topological polar surface area (TPSA) is 27.7 Å². The van der Waals surface area contributed by atoms with Gasteiger partial charge in [-0.15, -0.1) is 0 Å². The zero-order valence-electron chi connectivity index (χ0n) is 14.7. The van der Waals surface area contributed by atoms with Gasteiger partial charge in [0.1, 0.15) is 0 Å². The Hall–Kier alpha value is 1.40. The summed E-state index contributed by atoms with van der Waals surface area (Å²) < 4.78 is 20.7. The van der Waals surface area contributed by atoms with Gasteiger partial charge in [0.15, 0.2) is 0 Å². The quantitative estimate of drug-likeness (QED) is 0.591. The summed E-state index contributed by atoms with van der Waals surface area (Å²) in [7, 11) is -10.1. The summed E-state index contributed by atoms with van der Waals surface area (Å²) in [6, 6.07) is 0. The lowest BCUT2D eigenvalue weighted by molar-refractivity contribution is 0.261. The van der Waals surface area contributed by atoms with Gasteiger partial charge in [0.2, 0.25) is 0 Å². The molecule has 0 radical (unpaired) electrons. The minimum Gasteiger partial charge on any atom is -0.421 e. The molecule has 4 bridgehead atoms. The highest BCUT2D eigenvalue weighted by Crippen LogP contribution is 2.60. The van der Waals surface area contributed by atoms with Crippen LogP contribution in [0.5, 0.6) is 0 Å². The molecule has 4 fully saturated rings. The van der Waals surface area contributed by atoms with Crippen molar-refractivity contribution in [1.82, 2.24) is 0 Å². The first-order valence-electron chi connectivity index (χ1n) is 7.72. The summed E-state index contributed by atoms with van der Waals surface area (Å²) >= 11 is 0. The zero-order chi connectivity index (χ0) is 15.6. The van der Waals surface area contributed by atoms with Crippen LogP contribution < -0.4 is 0 Å². The molecule has 0 unspecified atom stereocenters. The van der Waals surface area contributed by atoms with Crippen molar-refractivity contribution in [1.29, 1.82) is 0 Å². The maximum absolute atomic E-state index is 6.90. The Morgan fingerprint density at radius 2 is 0.600 bits per heavy atom. The lowest BCUT2D eigenvalue weighted by Gasteiger charge is -2.80. The maximum atomic E-state index is 6.90. The van der Waals surface area contributed by atoms with Crippen LogP contribution in [0.25, 0.3) is 0 Å². The van der Waals surface area contributed by atoms with Crippen molar-refractivity contribution in [3.8, 4) is 0 Å². The van der Waals surface area contributed by atoms with Crippen molar-refractivity contribution in [2.75, 3.05) is 0 Å². The van der Waals surface area contributed by atoms with Crippen molar-refractivity contribution in [3.05, 3.63) is 0 Å². The minimum atomic E-state index is -1.95. The van der Waals surface area contributed by atoms with Gasteiger partial charge in [-0.25, -0.2) is 0 Å². The number of rotatable bonds is 0. The predicted molar refractivity (Wildman–Crippen MR) is 102 cm³/mol. The van der Waals surface area contributed by atoms with Gasteiger partial charge in [0.25, 0.3) is 24.2 Å². The summed E-state index contributed by atoms with van der Waals surface area (Å²) in [5.74, 6) is 0. The highest BCUT2D eigenvalue weighted by atomic mass is 30.2. The number of hydrogen-bond donors (Lipinski definition) is 0. The Morgan fingerprint density at radius 1 is 0.400 bits per heavy atom. The Labute approximate surface area is 129 Å². The monoisotopic (exact) mass is 394 g/mol. The van der Waals surface area contributed by atoms with E-state index in [2.05, 4.69) is 65.5 Å². The van der Waals surface area contributed by atoms with Gasteiger partial charge in [-0.1, -0.05) is 45.8 Å². The van der Waals surface area contributed by atoms with E-state index >= 15 is 0 Å². The van der Waals surface area contributed by atoms with Gasteiger partial charge in [-0.05, 0) is 19.6 Å². The molecule has 3 nitrogen and oxygen atoms in total. The summed E-state index contributed by atoms with van der Waals surface area (Å²) in [6.07, 6.45) is 0. The zero-order valence-corrected chi connectivity index (χ0v) is 21.7. The first-order chi connectivity index (χ1) is 8.62. The van der Waals surface area contributed by atoms with E-state index in [9.17, 15) is 0 Å². The lowest BCUT2D eigenvalue weighted by atomic mass is 11.9. The van der Waals surface area contributed by atoms with Crippen molar-refractivity contribution in [2.45, 2.75) is 65.5 Å². The van der Waals surface area contributed by atoms with Gasteiger partial charge < -0.3 is 12.3 Å². The van der Waals surface area contributed by atoms with E-state index < -0.39 is 52.2 Å². The van der Waals surface area contributed by atoms with Crippen LogP contribution in [-0.2, 0) is 12.3 Å². The van der Waals surface area contributed by atoms with E-state index in [1.165, 1.54) is 0 Å². The molecule has 0 atom stereocenters. The predicted octanol–water partition coefficient (Wildman–Crippen LogP) is 2.97. The second-order valence-corrected chi connectivity index (χ2v) is 77.9. The van der Waals surface area contributed by atoms with Gasteiger partial charge in [0, 0.05) is 6.63 Å². The molecule has 10 heteroatoms. The fraction of sp³-hybridized carbons (Fsp3) is 1.00. The minimum absolute atomic E-state index is 1.27. The third kappa shape index (κ3) is 1.22. The molecule has 4 aliphatic heterocycles. The molecular formula is C10H30O3Si7. The van der Waals surface area contributed by atoms with Gasteiger partial charge >= 0.3 is 0 Å². The first-order valence-corrected chi connectivity index (χ1v) is 32.2. The highest BCUT2D eigenvalue weighted by molar-refractivity contribution is 8.13. The second-order valence-electron chi connectivity index (χ2n) is 9.14. The van der Waals surface area contributed by atoms with Crippen LogP contribution in [0.4, 0.5) is 0 Å². The van der Waals surface area contributed by atoms with Crippen LogP contribution in [0, 0.1) is 0 Å². The lowest BCUT2D eigenvalue weighted by Crippen LogP contribution is -3.11. The molecule has 0 N–H and O–H groups in total. The molecule has 0 spiro atoms. The SMILES string of the molecule is C[Si]12O[Si]3(C)O[Si](C)(O1)[Si](C)(C)[Si](C)([Si]2(C)C)[Si]3(C)C. The van der Waals surface area contributed by atoms with Crippen LogP contribution in [0.1, 0.15) is 0 Å². The smallest absolute Gasteiger partial charge is 0.292 e. The van der Waals surface area contributed by atoms with Crippen molar-refractivity contribution in [2.24, 2.45) is 0 Å². The largest absolute Gasteiger partial charge is 0.421 e. The molecule has 0 saturated carbocycles. The van der Waals surface area contributed by atoms with Crippen LogP contribution in [0.2, 0.25) is 65.5 Å². The standard InChI is InChI=1S/C10H30O3Si7/c1-14(2)17(7)11-18(8)13-19(9,12-17)16(5,6)20(14,10)15(18,3)4/h1-10H3. The Kier molecular flexibility index (Phi) is 2.90. The van der Waals surface area contributed by atoms with E-state index in [1.807, 2.05) is 0 Å². The van der Waals surface area contributed by atoms with E-state index in [0.717, 1.165) is 0 Å². The first kappa shape index (κ1) is 16.3. The molecule has 0 aliphatic carbocycles. The summed E-state index contributed by atoms with van der Waals surface area (Å²) in [5.41, 5.74) is 0. The molecular weight excluding hydrogens is 365 g/mol. The van der Waals surface area contributed by atoms with Gasteiger partial charge in [-0.2, -0.15) is 0 Å². The average molecular weight is 395 g/mol. The van der Waals surface area contributed by atoms with Crippen molar-refractivity contribution < 1.29 is 12.3 Å². The van der Waals surface area contributed by atoms with Gasteiger partial charge in [0.05, 0.1) is 21.3 Å². The molecule has 20 heavy (non-hydrogen) atoms. The van der Waals surface area contributed by atoms with E-state index in [-0.39, 0.29) is 0 Å². The van der Waals surface area contributed by atoms with E-state index in [4.69, 9.17) is 12.3 Å². The fourth-order valence-electron chi connectivity index (χ4n) is 5.65. The molecule has 4 heterocycles. The van der Waals surface area contributed by atoms with Crippen LogP contribution in [-0.4, -0.2) is 52.2 Å². The van der Waals surface area contributed by atoms with Crippen molar-refractivity contribution in [3.63, 3.8) is 0 Å². The molecule has 4 saturated heterocycles. The van der Waals surface area contributed by atoms with E-state index in [0.29, 0.717) is 0 Å². The van der Waals surface area contributed by atoms with Crippen LogP contribution >= 0.6 is 0 Å². The molecule has 0 aromatic heterocycles. The summed E-state index contributed by atoms with van der Waals surface area (Å²) in [4.78, 5) is 0. The van der Waals surface area contributed by atoms with Crippen LogP contribution in [0.15, 0.2) is 0 Å². The van der Waals surface area contributed by atoms with E-state index in [1.54, 1.807) is 0 Å². The normalized spacial score (nSPS) is 57.9. The molecule has 4 aliphatic rings. The Balaban J connectivity index is 2.40.